The number of anilines is 1. The molecule has 2 fully saturated rings. The van der Waals surface area contributed by atoms with E-state index in [2.05, 4.69) is 15.5 Å². The van der Waals surface area contributed by atoms with Crippen molar-refractivity contribution in [3.63, 3.8) is 0 Å². The number of ether oxygens (including phenoxy) is 1. The SMILES string of the molecule is O=C1CCC(CC(=O)N2C(=O)CCc3cc(OCCCCc4nnnn4C4CCCCC4)ccc32)CC1. The molecule has 1 aliphatic heterocycles. The van der Waals surface area contributed by atoms with Gasteiger partial charge < -0.3 is 4.74 Å². The molecule has 2 saturated carbocycles. The van der Waals surface area contributed by atoms with Crippen LogP contribution in [-0.2, 0) is 27.2 Å². The standard InChI is InChI=1S/C28H37N5O4/c34-23-12-9-20(10-13-23)18-28(36)32-25-15-14-24(19-21(25)11-16-27(32)35)37-17-5-4-8-26-29-30-31-33(26)22-6-2-1-3-7-22/h14-15,19-20,22H,1-13,16-18H2. The third-order valence-electron chi connectivity index (χ3n) is 8.07. The first kappa shape index (κ1) is 25.5. The van der Waals surface area contributed by atoms with Crippen molar-refractivity contribution >= 4 is 23.3 Å². The lowest BCUT2D eigenvalue weighted by molar-refractivity contribution is -0.128. The monoisotopic (exact) mass is 507 g/mol. The van der Waals surface area contributed by atoms with Crippen LogP contribution < -0.4 is 9.64 Å². The second kappa shape index (κ2) is 12.0. The van der Waals surface area contributed by atoms with E-state index in [0.29, 0.717) is 50.4 Å². The van der Waals surface area contributed by atoms with Crippen molar-refractivity contribution in [2.24, 2.45) is 5.92 Å². The van der Waals surface area contributed by atoms with Crippen molar-refractivity contribution in [3.05, 3.63) is 29.6 Å². The fraction of sp³-hybridized carbons (Fsp3) is 0.643. The molecule has 0 atom stereocenters. The first-order valence-electron chi connectivity index (χ1n) is 14.0. The summed E-state index contributed by atoms with van der Waals surface area (Å²) in [6.45, 7) is 0.589. The molecular formula is C28H37N5O4. The lowest BCUT2D eigenvalue weighted by atomic mass is 9.85. The largest absolute Gasteiger partial charge is 0.494 e. The van der Waals surface area contributed by atoms with Crippen LogP contribution in [0.25, 0.3) is 0 Å². The Morgan fingerprint density at radius 2 is 1.78 bits per heavy atom. The Morgan fingerprint density at radius 1 is 0.973 bits per heavy atom. The Labute approximate surface area is 217 Å². The summed E-state index contributed by atoms with van der Waals surface area (Å²) in [6, 6.07) is 6.09. The number of aryl methyl sites for hydroxylation is 2. The summed E-state index contributed by atoms with van der Waals surface area (Å²) in [7, 11) is 0. The maximum absolute atomic E-state index is 13.0. The molecule has 2 amide bonds. The van der Waals surface area contributed by atoms with Crippen LogP contribution >= 0.6 is 0 Å². The normalized spacial score (nSPS) is 19.2. The van der Waals surface area contributed by atoms with Crippen molar-refractivity contribution < 1.29 is 19.1 Å². The topological polar surface area (TPSA) is 107 Å². The number of hydrogen-bond donors (Lipinski definition) is 0. The van der Waals surface area contributed by atoms with Crippen LogP contribution in [0.2, 0.25) is 0 Å². The number of nitrogens with zero attached hydrogens (tertiary/aromatic N) is 5. The van der Waals surface area contributed by atoms with Crippen LogP contribution in [0.3, 0.4) is 0 Å². The molecule has 2 heterocycles. The number of hydrogen-bond acceptors (Lipinski definition) is 7. The van der Waals surface area contributed by atoms with Gasteiger partial charge in [-0.25, -0.2) is 4.68 Å². The van der Waals surface area contributed by atoms with Crippen molar-refractivity contribution in [1.82, 2.24) is 20.2 Å². The van der Waals surface area contributed by atoms with Crippen LogP contribution in [0, 0.1) is 5.92 Å². The minimum absolute atomic E-state index is 0.145. The molecule has 1 aromatic carbocycles. The Morgan fingerprint density at radius 3 is 2.59 bits per heavy atom. The fourth-order valence-corrected chi connectivity index (χ4v) is 5.93. The third kappa shape index (κ3) is 6.25. The second-order valence-electron chi connectivity index (χ2n) is 10.7. The van der Waals surface area contributed by atoms with Crippen LogP contribution in [0.4, 0.5) is 5.69 Å². The van der Waals surface area contributed by atoms with Gasteiger partial charge in [0.25, 0.3) is 0 Å². The Balaban J connectivity index is 1.11. The first-order valence-corrected chi connectivity index (χ1v) is 14.0. The number of Topliss-reactive ketones (excluding diaryl/α,β-unsaturated/α-hetero) is 1. The zero-order valence-electron chi connectivity index (χ0n) is 21.6. The number of fused-ring (bicyclic) bond motifs is 1. The summed E-state index contributed by atoms with van der Waals surface area (Å²) < 4.78 is 8.05. The molecule has 0 radical (unpaired) electrons. The number of imide groups is 1. The maximum atomic E-state index is 13.0. The zero-order chi connectivity index (χ0) is 25.6. The van der Waals surface area contributed by atoms with Gasteiger partial charge in [0.2, 0.25) is 11.8 Å². The first-order chi connectivity index (χ1) is 18.1. The number of carbonyl (C=O) groups excluding carboxylic acids is 3. The zero-order valence-corrected chi connectivity index (χ0v) is 21.6. The van der Waals surface area contributed by atoms with Crippen molar-refractivity contribution in [1.29, 1.82) is 0 Å². The number of amides is 2. The van der Waals surface area contributed by atoms with Gasteiger partial charge >= 0.3 is 0 Å². The molecule has 2 aromatic rings. The molecule has 5 rings (SSSR count). The highest BCUT2D eigenvalue weighted by molar-refractivity contribution is 6.16. The molecule has 0 unspecified atom stereocenters. The van der Waals surface area contributed by atoms with Gasteiger partial charge in [-0.1, -0.05) is 19.3 Å². The average molecular weight is 508 g/mol. The van der Waals surface area contributed by atoms with Crippen molar-refractivity contribution in [2.75, 3.05) is 11.5 Å². The molecule has 0 N–H and O–H groups in total. The second-order valence-corrected chi connectivity index (χ2v) is 10.7. The summed E-state index contributed by atoms with van der Waals surface area (Å²) in [6.07, 6.45) is 12.6. The minimum Gasteiger partial charge on any atom is -0.494 e. The molecule has 9 nitrogen and oxygen atoms in total. The fourth-order valence-electron chi connectivity index (χ4n) is 5.93. The van der Waals surface area contributed by atoms with Gasteiger partial charge in [0.1, 0.15) is 11.5 Å². The molecule has 0 saturated heterocycles. The van der Waals surface area contributed by atoms with Crippen LogP contribution in [0.15, 0.2) is 18.2 Å². The lowest BCUT2D eigenvalue weighted by Crippen LogP contribution is -2.41. The maximum Gasteiger partial charge on any atom is 0.234 e. The Bertz CT molecular complexity index is 1110. The molecule has 9 heteroatoms. The molecule has 0 spiro atoms. The van der Waals surface area contributed by atoms with Crippen molar-refractivity contribution in [2.45, 2.75) is 102 Å². The minimum atomic E-state index is -0.158. The van der Waals surface area contributed by atoms with E-state index < -0.39 is 0 Å². The molecule has 0 bridgehead atoms. The van der Waals surface area contributed by atoms with E-state index in [0.717, 1.165) is 62.1 Å². The van der Waals surface area contributed by atoms with Crippen LogP contribution in [0.5, 0.6) is 5.75 Å². The van der Waals surface area contributed by atoms with Crippen LogP contribution in [-0.4, -0.2) is 44.4 Å². The number of tetrazole rings is 1. The summed E-state index contributed by atoms with van der Waals surface area (Å²) in [4.78, 5) is 38.6. The lowest BCUT2D eigenvalue weighted by Gasteiger charge is -2.30. The van der Waals surface area contributed by atoms with E-state index in [-0.39, 0.29) is 23.5 Å². The average Bonchev–Trinajstić information content (AvgIpc) is 3.39. The number of benzene rings is 1. The highest BCUT2D eigenvalue weighted by atomic mass is 16.5. The van der Waals surface area contributed by atoms with Gasteiger partial charge in [0.15, 0.2) is 5.82 Å². The summed E-state index contributed by atoms with van der Waals surface area (Å²) in [5.74, 6) is 1.88. The van der Waals surface area contributed by atoms with E-state index in [1.807, 2.05) is 22.9 Å². The highest BCUT2D eigenvalue weighted by Crippen LogP contribution is 2.34. The van der Waals surface area contributed by atoms with Crippen molar-refractivity contribution in [3.8, 4) is 5.75 Å². The van der Waals surface area contributed by atoms with Gasteiger partial charge in [-0.15, -0.1) is 5.10 Å². The van der Waals surface area contributed by atoms with E-state index in [9.17, 15) is 14.4 Å². The molecular weight excluding hydrogens is 470 g/mol. The summed E-state index contributed by atoms with van der Waals surface area (Å²) >= 11 is 0. The Kier molecular flexibility index (Phi) is 8.26. The van der Waals surface area contributed by atoms with E-state index >= 15 is 0 Å². The predicted molar refractivity (Wildman–Crippen MR) is 137 cm³/mol. The number of unbranched alkanes of at least 4 members (excludes halogenated alkanes) is 1. The Hall–Kier alpha value is -3.10. The summed E-state index contributed by atoms with van der Waals surface area (Å²) in [5.41, 5.74) is 1.64. The van der Waals surface area contributed by atoms with E-state index in [1.165, 1.54) is 24.2 Å². The molecule has 3 aliphatic rings. The highest BCUT2D eigenvalue weighted by Gasteiger charge is 2.32. The van der Waals surface area contributed by atoms with Gasteiger partial charge in [-0.2, -0.15) is 0 Å². The number of rotatable bonds is 9. The molecule has 2 aliphatic carbocycles. The number of ketones is 1. The molecule has 37 heavy (non-hydrogen) atoms. The van der Waals surface area contributed by atoms with Gasteiger partial charge in [0.05, 0.1) is 18.3 Å². The molecule has 198 valence electrons. The number of aromatic nitrogens is 4. The quantitative estimate of drug-likeness (QED) is 0.459. The predicted octanol–water partition coefficient (Wildman–Crippen LogP) is 4.54. The van der Waals surface area contributed by atoms with Gasteiger partial charge in [-0.05, 0) is 85.1 Å². The van der Waals surface area contributed by atoms with Crippen LogP contribution in [0.1, 0.15) is 101 Å². The number of carbonyl (C=O) groups is 3. The van der Waals surface area contributed by atoms with E-state index in [1.54, 1.807) is 0 Å². The van der Waals surface area contributed by atoms with Gasteiger partial charge in [0, 0.05) is 32.1 Å². The van der Waals surface area contributed by atoms with E-state index in [4.69, 9.17) is 4.74 Å². The van der Waals surface area contributed by atoms with Gasteiger partial charge in [-0.3, -0.25) is 19.3 Å². The smallest absolute Gasteiger partial charge is 0.234 e. The molecule has 1 aromatic heterocycles. The summed E-state index contributed by atoms with van der Waals surface area (Å²) in [5, 5.41) is 12.4. The third-order valence-corrected chi connectivity index (χ3v) is 8.07.